The van der Waals surface area contributed by atoms with E-state index < -0.39 is 27.8 Å². The van der Waals surface area contributed by atoms with Crippen molar-refractivity contribution in [2.75, 3.05) is 33.7 Å². The molecule has 0 saturated carbocycles. The number of benzene rings is 1. The van der Waals surface area contributed by atoms with Crippen LogP contribution < -0.4 is 0 Å². The number of piperidine rings is 1. The minimum absolute atomic E-state index is 0.0303. The Morgan fingerprint density at radius 3 is 2.48 bits per heavy atom. The van der Waals surface area contributed by atoms with Gasteiger partial charge in [-0.05, 0) is 37.0 Å². The van der Waals surface area contributed by atoms with Gasteiger partial charge in [-0.1, -0.05) is 0 Å². The zero-order valence-corrected chi connectivity index (χ0v) is 15.0. The van der Waals surface area contributed by atoms with Crippen molar-refractivity contribution in [3.8, 4) is 0 Å². The van der Waals surface area contributed by atoms with Crippen molar-refractivity contribution in [3.05, 3.63) is 35.4 Å². The van der Waals surface area contributed by atoms with Gasteiger partial charge in [0.15, 0.2) is 11.6 Å². The summed E-state index contributed by atoms with van der Waals surface area (Å²) in [5.74, 6) is -2.43. The highest BCUT2D eigenvalue weighted by atomic mass is 32.2. The molecule has 1 amide bonds. The second-order valence-electron chi connectivity index (χ2n) is 6.79. The first-order valence-corrected chi connectivity index (χ1v) is 9.53. The van der Waals surface area contributed by atoms with Crippen LogP contribution in [0.3, 0.4) is 0 Å². The number of carbonyl (C=O) groups excluding carboxylic acids is 1. The second kappa shape index (κ2) is 6.62. The molecule has 1 aromatic rings. The maximum absolute atomic E-state index is 13.4. The van der Waals surface area contributed by atoms with Crippen LogP contribution in [-0.4, -0.2) is 67.6 Å². The quantitative estimate of drug-likeness (QED) is 0.803. The molecular weight excluding hydrogens is 352 g/mol. The second-order valence-corrected chi connectivity index (χ2v) is 8.93. The third-order valence-corrected chi connectivity index (χ3v) is 6.77. The Hall–Kier alpha value is -1.58. The van der Waals surface area contributed by atoms with Crippen molar-refractivity contribution >= 4 is 16.1 Å². The van der Waals surface area contributed by atoms with E-state index in [4.69, 9.17) is 0 Å². The fraction of sp³-hybridized carbons (Fsp3) is 0.562. The molecule has 0 unspecified atom stereocenters. The van der Waals surface area contributed by atoms with Crippen LogP contribution in [0.25, 0.3) is 0 Å². The molecule has 3 heterocycles. The van der Waals surface area contributed by atoms with Gasteiger partial charge >= 0.3 is 0 Å². The Labute approximate surface area is 146 Å². The first-order valence-electron chi connectivity index (χ1n) is 8.13. The van der Waals surface area contributed by atoms with Gasteiger partial charge in [-0.3, -0.25) is 4.79 Å². The van der Waals surface area contributed by atoms with Gasteiger partial charge in [-0.2, -0.15) is 17.0 Å². The number of nitrogens with zero attached hydrogens (tertiary/aromatic N) is 3. The summed E-state index contributed by atoms with van der Waals surface area (Å²) < 4.78 is 54.0. The van der Waals surface area contributed by atoms with Crippen LogP contribution >= 0.6 is 0 Å². The van der Waals surface area contributed by atoms with E-state index in [0.29, 0.717) is 19.5 Å². The predicted octanol–water partition coefficient (Wildman–Crippen LogP) is 1.31. The Bertz CT molecular complexity index is 785. The van der Waals surface area contributed by atoms with Crippen LogP contribution in [0.15, 0.2) is 18.2 Å². The van der Waals surface area contributed by atoms with Crippen LogP contribution in [0, 0.1) is 17.6 Å². The molecule has 3 aliphatic rings. The molecule has 3 aliphatic heterocycles. The first-order chi connectivity index (χ1) is 11.7. The summed E-state index contributed by atoms with van der Waals surface area (Å²) in [6.45, 7) is 0.993. The smallest absolute Gasteiger partial charge is 0.281 e. The molecule has 0 N–H and O–H groups in total. The summed E-state index contributed by atoms with van der Waals surface area (Å²) >= 11 is 0. The Balaban J connectivity index is 1.85. The van der Waals surface area contributed by atoms with E-state index in [1.54, 1.807) is 4.90 Å². The van der Waals surface area contributed by atoms with Gasteiger partial charge in [0.1, 0.15) is 0 Å². The number of carbonyl (C=O) groups is 1. The molecule has 3 saturated heterocycles. The molecule has 4 rings (SSSR count). The summed E-state index contributed by atoms with van der Waals surface area (Å²) in [5.41, 5.74) is 0.0773. The highest BCUT2D eigenvalue weighted by molar-refractivity contribution is 7.86. The number of hydrogen-bond donors (Lipinski definition) is 0. The van der Waals surface area contributed by atoms with Gasteiger partial charge in [-0.15, -0.1) is 0 Å². The van der Waals surface area contributed by atoms with E-state index in [0.717, 1.165) is 18.6 Å². The molecule has 6 nitrogen and oxygen atoms in total. The minimum atomic E-state index is -3.56. The van der Waals surface area contributed by atoms with Crippen LogP contribution in [0.1, 0.15) is 23.2 Å². The van der Waals surface area contributed by atoms with E-state index in [-0.39, 0.29) is 24.1 Å². The van der Waals surface area contributed by atoms with Gasteiger partial charge < -0.3 is 4.90 Å². The zero-order valence-electron chi connectivity index (χ0n) is 14.2. The van der Waals surface area contributed by atoms with E-state index in [9.17, 15) is 22.0 Å². The van der Waals surface area contributed by atoms with E-state index in [1.807, 2.05) is 0 Å². The Morgan fingerprint density at radius 2 is 1.84 bits per heavy atom. The summed E-state index contributed by atoms with van der Waals surface area (Å²) in [4.78, 5) is 14.4. The molecule has 0 radical (unpaired) electrons. The van der Waals surface area contributed by atoms with E-state index in [1.165, 1.54) is 28.8 Å². The average Bonchev–Trinajstić information content (AvgIpc) is 2.89. The number of rotatable bonds is 3. The number of hydrogen-bond acceptors (Lipinski definition) is 3. The van der Waals surface area contributed by atoms with Crippen molar-refractivity contribution in [2.24, 2.45) is 5.92 Å². The standard InChI is InChI=1S/C16H21F2N3O3S/c1-19(2)25(23,24)20-8-11-3-5-13(10-20)21(9-11)16(22)12-4-6-14(17)15(18)7-12/h4,6-7,11,13H,3,5,8-10H2,1-2H3/t11-,13+/m1/s1. The Kier molecular flexibility index (Phi) is 4.82. The fourth-order valence-electron chi connectivity index (χ4n) is 3.50. The van der Waals surface area contributed by atoms with Gasteiger partial charge in [0, 0.05) is 45.3 Å². The first kappa shape index (κ1) is 18.2. The highest BCUT2D eigenvalue weighted by Crippen LogP contribution is 2.31. The Morgan fingerprint density at radius 1 is 1.12 bits per heavy atom. The summed E-state index contributed by atoms with van der Waals surface area (Å²) in [6.07, 6.45) is 1.53. The molecule has 25 heavy (non-hydrogen) atoms. The molecular formula is C16H21F2N3O3S. The minimum Gasteiger partial charge on any atom is -0.334 e. The number of amides is 1. The van der Waals surface area contributed by atoms with Gasteiger partial charge in [0.2, 0.25) is 0 Å². The molecule has 0 aromatic heterocycles. The highest BCUT2D eigenvalue weighted by Gasteiger charge is 2.41. The third-order valence-electron chi connectivity index (χ3n) is 4.90. The SMILES string of the molecule is CN(C)S(=O)(=O)N1C[C@H]2CC[C@@H](C1)N(C(=O)c1ccc(F)c(F)c1)C2. The molecule has 0 aliphatic carbocycles. The van der Waals surface area contributed by atoms with Crippen molar-refractivity contribution in [2.45, 2.75) is 18.9 Å². The molecule has 138 valence electrons. The molecule has 1 aromatic carbocycles. The van der Waals surface area contributed by atoms with Crippen LogP contribution in [-0.2, 0) is 10.2 Å². The van der Waals surface area contributed by atoms with Crippen molar-refractivity contribution in [3.63, 3.8) is 0 Å². The van der Waals surface area contributed by atoms with E-state index in [2.05, 4.69) is 0 Å². The predicted molar refractivity (Wildman–Crippen MR) is 88.1 cm³/mol. The topological polar surface area (TPSA) is 60.9 Å². The maximum atomic E-state index is 13.4. The largest absolute Gasteiger partial charge is 0.334 e. The lowest BCUT2D eigenvalue weighted by Crippen LogP contribution is -2.48. The average molecular weight is 373 g/mol. The molecule has 3 fully saturated rings. The summed E-state index contributed by atoms with van der Waals surface area (Å²) in [6, 6.07) is 2.81. The zero-order chi connectivity index (χ0) is 18.4. The van der Waals surface area contributed by atoms with Crippen LogP contribution in [0.4, 0.5) is 8.78 Å². The number of halogens is 2. The van der Waals surface area contributed by atoms with Crippen LogP contribution in [0.2, 0.25) is 0 Å². The summed E-state index contributed by atoms with van der Waals surface area (Å²) in [5, 5.41) is 0. The van der Waals surface area contributed by atoms with Gasteiger partial charge in [-0.25, -0.2) is 8.78 Å². The molecule has 2 bridgehead atoms. The van der Waals surface area contributed by atoms with E-state index >= 15 is 0 Å². The fourth-order valence-corrected chi connectivity index (χ4v) is 4.72. The lowest BCUT2D eigenvalue weighted by molar-refractivity contribution is 0.0588. The van der Waals surface area contributed by atoms with Gasteiger partial charge in [0.05, 0.1) is 0 Å². The summed E-state index contributed by atoms with van der Waals surface area (Å²) in [7, 11) is -0.599. The monoisotopic (exact) mass is 373 g/mol. The lowest BCUT2D eigenvalue weighted by atomic mass is 9.94. The van der Waals surface area contributed by atoms with Gasteiger partial charge in [0.25, 0.3) is 16.1 Å². The van der Waals surface area contributed by atoms with Crippen molar-refractivity contribution in [1.29, 1.82) is 0 Å². The molecule has 9 heteroatoms. The van der Waals surface area contributed by atoms with Crippen molar-refractivity contribution in [1.82, 2.24) is 13.5 Å². The molecule has 2 atom stereocenters. The maximum Gasteiger partial charge on any atom is 0.281 e. The molecule has 0 spiro atoms. The third kappa shape index (κ3) is 3.40. The van der Waals surface area contributed by atoms with Crippen LogP contribution in [0.5, 0.6) is 0 Å². The number of fused-ring (bicyclic) bond motifs is 4. The van der Waals surface area contributed by atoms with Crippen molar-refractivity contribution < 1.29 is 22.0 Å². The lowest BCUT2D eigenvalue weighted by Gasteiger charge is -2.36. The normalized spacial score (nSPS) is 24.6.